The van der Waals surface area contributed by atoms with Crippen LogP contribution in [0.25, 0.3) is 0 Å². The fraction of sp³-hybridized carbons (Fsp3) is 0.455. The highest BCUT2D eigenvalue weighted by molar-refractivity contribution is 5.89. The molecule has 0 radical (unpaired) electrons. The van der Waals surface area contributed by atoms with Gasteiger partial charge in [-0.15, -0.1) is 0 Å². The second kappa shape index (κ2) is 4.29. The highest BCUT2D eigenvalue weighted by atomic mass is 16.5. The molecule has 0 unspecified atom stereocenters. The molecule has 0 bridgehead atoms. The Bertz CT molecular complexity index is 446. The number of aryl methyl sites for hydroxylation is 2. The summed E-state index contributed by atoms with van der Waals surface area (Å²) in [7, 11) is 1.73. The van der Waals surface area contributed by atoms with Gasteiger partial charge < -0.3 is 9.30 Å². The Morgan fingerprint density at radius 2 is 2.07 bits per heavy atom. The summed E-state index contributed by atoms with van der Waals surface area (Å²) >= 11 is 0. The van der Waals surface area contributed by atoms with Gasteiger partial charge in [-0.1, -0.05) is 0 Å². The minimum atomic E-state index is -0.449. The third kappa shape index (κ3) is 2.09. The second-order valence-corrected chi connectivity index (χ2v) is 3.45. The molecule has 0 spiro atoms. The van der Waals surface area contributed by atoms with Gasteiger partial charge in [0.05, 0.1) is 6.61 Å². The zero-order chi connectivity index (χ0) is 11.6. The lowest BCUT2D eigenvalue weighted by Crippen LogP contribution is -2.22. The van der Waals surface area contributed by atoms with Gasteiger partial charge in [0.2, 0.25) is 0 Å². The molecule has 15 heavy (non-hydrogen) atoms. The molecule has 0 N–H and O–H groups in total. The first-order chi connectivity index (χ1) is 6.99. The fourth-order valence-corrected chi connectivity index (χ4v) is 1.58. The lowest BCUT2D eigenvalue weighted by molar-refractivity contribution is 0.0513. The van der Waals surface area contributed by atoms with Crippen LogP contribution in [0, 0.1) is 13.8 Å². The molecule has 0 amide bonds. The Kier molecular flexibility index (Phi) is 3.29. The number of carbonyl (C=O) groups is 1. The monoisotopic (exact) mass is 209 g/mol. The minimum absolute atomic E-state index is 0.101. The van der Waals surface area contributed by atoms with Gasteiger partial charge in [0.1, 0.15) is 5.69 Å². The lowest BCUT2D eigenvalue weighted by Gasteiger charge is -2.11. The standard InChI is InChI=1S/C11H15NO3/c1-5-15-11(14)9-8(3)10(13)7(2)6-12(9)4/h6H,5H2,1-4H3. The molecule has 0 atom stereocenters. The predicted molar refractivity (Wildman–Crippen MR) is 57.1 cm³/mol. The van der Waals surface area contributed by atoms with Crippen molar-refractivity contribution in [3.8, 4) is 0 Å². The maximum absolute atomic E-state index is 11.6. The number of pyridine rings is 1. The third-order valence-electron chi connectivity index (χ3n) is 2.26. The molecule has 1 heterocycles. The average molecular weight is 209 g/mol. The van der Waals surface area contributed by atoms with Gasteiger partial charge in [-0.2, -0.15) is 0 Å². The summed E-state index contributed by atoms with van der Waals surface area (Å²) in [5.41, 5.74) is 1.29. The quantitative estimate of drug-likeness (QED) is 0.687. The summed E-state index contributed by atoms with van der Waals surface area (Å²) in [4.78, 5) is 23.2. The van der Waals surface area contributed by atoms with Crippen LogP contribution in [0.4, 0.5) is 0 Å². The van der Waals surface area contributed by atoms with Gasteiger partial charge in [-0.25, -0.2) is 4.79 Å². The summed E-state index contributed by atoms with van der Waals surface area (Å²) in [5.74, 6) is -0.449. The maximum Gasteiger partial charge on any atom is 0.355 e. The number of carbonyl (C=O) groups excluding carboxylic acids is 1. The number of hydrogen-bond acceptors (Lipinski definition) is 3. The largest absolute Gasteiger partial charge is 0.461 e. The van der Waals surface area contributed by atoms with Gasteiger partial charge in [-0.3, -0.25) is 4.79 Å². The molecule has 1 aromatic rings. The smallest absolute Gasteiger partial charge is 0.355 e. The van der Waals surface area contributed by atoms with Crippen molar-refractivity contribution in [2.75, 3.05) is 6.61 Å². The van der Waals surface area contributed by atoms with E-state index in [-0.39, 0.29) is 5.43 Å². The predicted octanol–water partition coefficient (Wildman–Crippen LogP) is 1.18. The molecule has 0 saturated carbocycles. The van der Waals surface area contributed by atoms with Crippen molar-refractivity contribution in [2.45, 2.75) is 20.8 Å². The molecular weight excluding hydrogens is 194 g/mol. The first-order valence-electron chi connectivity index (χ1n) is 4.83. The fourth-order valence-electron chi connectivity index (χ4n) is 1.58. The molecule has 4 nitrogen and oxygen atoms in total. The Labute approximate surface area is 88.5 Å². The lowest BCUT2D eigenvalue weighted by atomic mass is 10.1. The first kappa shape index (κ1) is 11.5. The van der Waals surface area contributed by atoms with E-state index >= 15 is 0 Å². The van der Waals surface area contributed by atoms with Crippen LogP contribution < -0.4 is 5.43 Å². The van der Waals surface area contributed by atoms with Crippen LogP contribution in [0.3, 0.4) is 0 Å². The zero-order valence-electron chi connectivity index (χ0n) is 9.46. The highest BCUT2D eigenvalue weighted by Gasteiger charge is 2.16. The van der Waals surface area contributed by atoms with E-state index in [2.05, 4.69) is 0 Å². The van der Waals surface area contributed by atoms with E-state index in [1.165, 1.54) is 0 Å². The van der Waals surface area contributed by atoms with Gasteiger partial charge in [0.25, 0.3) is 0 Å². The van der Waals surface area contributed by atoms with Crippen molar-refractivity contribution in [2.24, 2.45) is 7.05 Å². The van der Waals surface area contributed by atoms with E-state index in [0.717, 1.165) is 0 Å². The number of esters is 1. The van der Waals surface area contributed by atoms with Crippen LogP contribution in [-0.4, -0.2) is 17.1 Å². The topological polar surface area (TPSA) is 48.3 Å². The molecule has 0 saturated heterocycles. The van der Waals surface area contributed by atoms with E-state index in [1.54, 1.807) is 38.6 Å². The Balaban J connectivity index is 3.36. The molecule has 0 aliphatic carbocycles. The molecular formula is C11H15NO3. The average Bonchev–Trinajstić information content (AvgIpc) is 2.15. The molecule has 0 aliphatic rings. The normalized spacial score (nSPS) is 10.1. The second-order valence-electron chi connectivity index (χ2n) is 3.45. The summed E-state index contributed by atoms with van der Waals surface area (Å²) in [6.45, 7) is 5.41. The van der Waals surface area contributed by atoms with Crippen LogP contribution in [0.5, 0.6) is 0 Å². The van der Waals surface area contributed by atoms with E-state index in [4.69, 9.17) is 4.74 Å². The summed E-state index contributed by atoms with van der Waals surface area (Å²) < 4.78 is 6.51. The van der Waals surface area contributed by atoms with Crippen LogP contribution >= 0.6 is 0 Å². The molecule has 0 aliphatic heterocycles. The van der Waals surface area contributed by atoms with E-state index in [1.807, 2.05) is 0 Å². The first-order valence-corrected chi connectivity index (χ1v) is 4.83. The Morgan fingerprint density at radius 3 is 2.60 bits per heavy atom. The Morgan fingerprint density at radius 1 is 1.47 bits per heavy atom. The number of nitrogens with zero attached hydrogens (tertiary/aromatic N) is 1. The SMILES string of the molecule is CCOC(=O)c1c(C)c(=O)c(C)cn1C. The number of ether oxygens (including phenoxy) is 1. The maximum atomic E-state index is 11.6. The highest BCUT2D eigenvalue weighted by Crippen LogP contribution is 2.06. The molecule has 0 fully saturated rings. The van der Waals surface area contributed by atoms with E-state index in [0.29, 0.717) is 23.4 Å². The van der Waals surface area contributed by atoms with Crippen LogP contribution in [0.1, 0.15) is 28.5 Å². The van der Waals surface area contributed by atoms with Gasteiger partial charge in [-0.05, 0) is 20.8 Å². The minimum Gasteiger partial charge on any atom is -0.461 e. The van der Waals surface area contributed by atoms with Gasteiger partial charge in [0.15, 0.2) is 5.43 Å². The van der Waals surface area contributed by atoms with Crippen molar-refractivity contribution in [1.29, 1.82) is 0 Å². The molecule has 1 rings (SSSR count). The van der Waals surface area contributed by atoms with Crippen molar-refractivity contribution >= 4 is 5.97 Å². The molecule has 0 aromatic carbocycles. The van der Waals surface area contributed by atoms with E-state index in [9.17, 15) is 9.59 Å². The third-order valence-corrected chi connectivity index (χ3v) is 2.26. The van der Waals surface area contributed by atoms with Gasteiger partial charge >= 0.3 is 5.97 Å². The van der Waals surface area contributed by atoms with Crippen molar-refractivity contribution < 1.29 is 9.53 Å². The Hall–Kier alpha value is -1.58. The van der Waals surface area contributed by atoms with Crippen molar-refractivity contribution in [3.63, 3.8) is 0 Å². The molecule has 82 valence electrons. The summed E-state index contributed by atoms with van der Waals surface area (Å²) in [6.07, 6.45) is 1.64. The van der Waals surface area contributed by atoms with Crippen LogP contribution in [0.2, 0.25) is 0 Å². The van der Waals surface area contributed by atoms with Crippen LogP contribution in [0.15, 0.2) is 11.0 Å². The van der Waals surface area contributed by atoms with Gasteiger partial charge in [0, 0.05) is 24.4 Å². The molecule has 4 heteroatoms. The summed E-state index contributed by atoms with van der Waals surface area (Å²) in [6, 6.07) is 0. The number of aromatic nitrogens is 1. The van der Waals surface area contributed by atoms with Crippen molar-refractivity contribution in [1.82, 2.24) is 4.57 Å². The summed E-state index contributed by atoms with van der Waals surface area (Å²) in [5, 5.41) is 0. The van der Waals surface area contributed by atoms with Crippen molar-refractivity contribution in [3.05, 3.63) is 33.2 Å². The van der Waals surface area contributed by atoms with E-state index < -0.39 is 5.97 Å². The van der Waals surface area contributed by atoms with Crippen LogP contribution in [-0.2, 0) is 11.8 Å². The molecule has 1 aromatic heterocycles. The number of hydrogen-bond donors (Lipinski definition) is 0. The zero-order valence-corrected chi connectivity index (χ0v) is 9.46. The number of rotatable bonds is 2.